The second-order valence-corrected chi connectivity index (χ2v) is 13.0. The molecule has 1 aliphatic heterocycles. The summed E-state index contributed by atoms with van der Waals surface area (Å²) < 4.78 is 70.2. The summed E-state index contributed by atoms with van der Waals surface area (Å²) in [6.07, 6.45) is -1.04. The summed E-state index contributed by atoms with van der Waals surface area (Å²) in [5.74, 6) is -4.58. The quantitative estimate of drug-likeness (QED) is 0.366. The predicted molar refractivity (Wildman–Crippen MR) is 139 cm³/mol. The highest BCUT2D eigenvalue weighted by Gasteiger charge is 2.38. The lowest BCUT2D eigenvalue weighted by Gasteiger charge is -2.31. The van der Waals surface area contributed by atoms with Crippen LogP contribution >= 0.6 is 22.9 Å². The summed E-state index contributed by atoms with van der Waals surface area (Å²) in [5.41, 5.74) is -1.58. The molecular weight excluding hydrogens is 581 g/mol. The third kappa shape index (κ3) is 6.11. The fourth-order valence-corrected chi connectivity index (χ4v) is 6.59. The second-order valence-electron chi connectivity index (χ2n) is 9.94. The third-order valence-electron chi connectivity index (χ3n) is 5.85. The van der Waals surface area contributed by atoms with Crippen molar-refractivity contribution in [3.63, 3.8) is 0 Å². The van der Waals surface area contributed by atoms with E-state index in [1.54, 1.807) is 13.8 Å². The Hall–Kier alpha value is -2.59. The Morgan fingerprint density at radius 3 is 2.46 bits per heavy atom. The van der Waals surface area contributed by atoms with Gasteiger partial charge in [0.2, 0.25) is 10.0 Å². The van der Waals surface area contributed by atoms with Gasteiger partial charge in [-0.25, -0.2) is 31.3 Å². The molecule has 16 heteroatoms. The van der Waals surface area contributed by atoms with Crippen molar-refractivity contribution in [3.05, 3.63) is 34.5 Å². The molecule has 3 heterocycles. The van der Waals surface area contributed by atoms with Crippen molar-refractivity contribution in [1.29, 1.82) is 0 Å². The van der Waals surface area contributed by atoms with Crippen LogP contribution in [-0.4, -0.2) is 69.6 Å². The van der Waals surface area contributed by atoms with Crippen LogP contribution in [0.5, 0.6) is 0 Å². The highest BCUT2D eigenvalue weighted by Crippen LogP contribution is 2.41. The lowest BCUT2D eigenvalue weighted by atomic mass is 10.1. The van der Waals surface area contributed by atoms with Gasteiger partial charge in [0.1, 0.15) is 16.2 Å². The molecule has 39 heavy (non-hydrogen) atoms. The van der Waals surface area contributed by atoms with E-state index in [-0.39, 0.29) is 45.9 Å². The number of alkyl halides is 2. The number of rotatable bonds is 7. The molecule has 1 aliphatic rings. The molecule has 0 spiro atoms. The van der Waals surface area contributed by atoms with Gasteiger partial charge in [-0.15, -0.1) is 21.5 Å². The van der Waals surface area contributed by atoms with Crippen LogP contribution in [0.1, 0.15) is 56.8 Å². The van der Waals surface area contributed by atoms with Crippen LogP contribution in [0.2, 0.25) is 5.02 Å². The monoisotopic (exact) mass is 606 g/mol. The van der Waals surface area contributed by atoms with Crippen molar-refractivity contribution in [2.24, 2.45) is 0 Å². The predicted octanol–water partition coefficient (Wildman–Crippen LogP) is 4.17. The molecular formula is C23H26ClF3N6O4S2. The SMILES string of the molecule is CC(C)NS(=O)(=O)c1ccc(-c2sc(-c3nnc(C(C)(C)O)[nH]3)nc2C(=O)N2CCC(F)(F)CC2)c(Cl)c1F. The standard InChI is InChI=1S/C23H26ClF3N6O4S2/c1-11(2)32-39(36,37)13-6-5-12(14(24)15(13)25)17-16(20(34)33-9-7-23(26,27)8-10-33)28-19(38-17)18-29-21(31-30-18)22(3,4)35/h5-6,11,32,35H,7-10H2,1-4H3,(H,29,30,31). The lowest BCUT2D eigenvalue weighted by Crippen LogP contribution is -2.43. The molecule has 0 saturated carbocycles. The first kappa shape index (κ1) is 29.4. The van der Waals surface area contributed by atoms with Crippen molar-refractivity contribution in [2.45, 2.75) is 63.0 Å². The number of sulfonamides is 1. The summed E-state index contributed by atoms with van der Waals surface area (Å²) in [6.45, 7) is 5.68. The van der Waals surface area contributed by atoms with Crippen LogP contribution in [-0.2, 0) is 15.6 Å². The van der Waals surface area contributed by atoms with E-state index >= 15 is 4.39 Å². The van der Waals surface area contributed by atoms with E-state index in [9.17, 15) is 27.1 Å². The largest absolute Gasteiger partial charge is 0.382 e. The van der Waals surface area contributed by atoms with Gasteiger partial charge in [0.15, 0.2) is 22.5 Å². The van der Waals surface area contributed by atoms with Crippen molar-refractivity contribution in [3.8, 4) is 21.3 Å². The van der Waals surface area contributed by atoms with Gasteiger partial charge in [-0.2, -0.15) is 0 Å². The second kappa shape index (κ2) is 10.4. The zero-order chi connectivity index (χ0) is 28.9. The van der Waals surface area contributed by atoms with Crippen molar-refractivity contribution in [2.75, 3.05) is 13.1 Å². The van der Waals surface area contributed by atoms with Gasteiger partial charge >= 0.3 is 0 Å². The zero-order valence-electron chi connectivity index (χ0n) is 21.3. The molecule has 3 aromatic rings. The maximum absolute atomic E-state index is 15.3. The summed E-state index contributed by atoms with van der Waals surface area (Å²) in [7, 11) is -4.23. The molecule has 0 unspecified atom stereocenters. The van der Waals surface area contributed by atoms with E-state index in [1.807, 2.05) is 0 Å². The number of H-pyrrole nitrogens is 1. The number of aromatic nitrogens is 4. The number of halogens is 4. The number of aromatic amines is 1. The first-order valence-corrected chi connectivity index (χ1v) is 14.5. The van der Waals surface area contributed by atoms with Crippen LogP contribution in [0, 0.1) is 5.82 Å². The van der Waals surface area contributed by atoms with E-state index < -0.39 is 62.1 Å². The molecule has 0 aliphatic carbocycles. The number of carbonyl (C=O) groups excluding carboxylic acids is 1. The minimum absolute atomic E-state index is 0.0191. The number of amides is 1. The number of nitrogens with one attached hydrogen (secondary N) is 2. The minimum atomic E-state index is -4.23. The number of carbonyl (C=O) groups is 1. The Morgan fingerprint density at radius 2 is 1.90 bits per heavy atom. The molecule has 10 nitrogen and oxygen atoms in total. The van der Waals surface area contributed by atoms with E-state index in [4.69, 9.17) is 11.6 Å². The number of benzene rings is 1. The number of piperidine rings is 1. The minimum Gasteiger partial charge on any atom is -0.382 e. The summed E-state index contributed by atoms with van der Waals surface area (Å²) in [5, 5.41) is 17.6. The van der Waals surface area contributed by atoms with Gasteiger partial charge in [-0.3, -0.25) is 4.79 Å². The van der Waals surface area contributed by atoms with Crippen molar-refractivity contribution >= 4 is 38.9 Å². The number of thiazole rings is 1. The number of aliphatic hydroxyl groups is 1. The summed E-state index contributed by atoms with van der Waals surface area (Å²) in [6, 6.07) is 1.77. The Morgan fingerprint density at radius 1 is 1.26 bits per heavy atom. The first-order valence-electron chi connectivity index (χ1n) is 11.8. The van der Waals surface area contributed by atoms with E-state index in [0.717, 1.165) is 17.4 Å². The maximum atomic E-state index is 15.3. The molecule has 0 radical (unpaired) electrons. The highest BCUT2D eigenvalue weighted by atomic mass is 35.5. The molecule has 1 fully saturated rings. The van der Waals surface area contributed by atoms with Crippen LogP contribution in [0.3, 0.4) is 0 Å². The Balaban J connectivity index is 1.82. The van der Waals surface area contributed by atoms with E-state index in [2.05, 4.69) is 24.9 Å². The van der Waals surface area contributed by atoms with Gasteiger partial charge in [0.05, 0.1) is 9.90 Å². The van der Waals surface area contributed by atoms with Crippen molar-refractivity contribution in [1.82, 2.24) is 29.8 Å². The molecule has 1 amide bonds. The van der Waals surface area contributed by atoms with Gasteiger partial charge < -0.3 is 15.0 Å². The summed E-state index contributed by atoms with van der Waals surface area (Å²) >= 11 is 7.20. The first-order chi connectivity index (χ1) is 18.0. The normalized spacial score (nSPS) is 16.2. The average molecular weight is 607 g/mol. The topological polar surface area (TPSA) is 141 Å². The molecule has 0 bridgehead atoms. The van der Waals surface area contributed by atoms with Crippen LogP contribution in [0.4, 0.5) is 13.2 Å². The molecule has 3 N–H and O–H groups in total. The Labute approximate surface area is 231 Å². The highest BCUT2D eigenvalue weighted by molar-refractivity contribution is 7.89. The molecule has 4 rings (SSSR count). The zero-order valence-corrected chi connectivity index (χ0v) is 23.7. The van der Waals surface area contributed by atoms with Gasteiger partial charge in [-0.05, 0) is 33.8 Å². The fraction of sp³-hybridized carbons (Fsp3) is 0.478. The molecule has 0 atom stereocenters. The molecule has 1 aromatic carbocycles. The fourth-order valence-electron chi connectivity index (χ4n) is 3.86. The summed E-state index contributed by atoms with van der Waals surface area (Å²) in [4.78, 5) is 21.3. The Kier molecular flexibility index (Phi) is 7.86. The van der Waals surface area contributed by atoms with Gasteiger partial charge in [-0.1, -0.05) is 17.7 Å². The van der Waals surface area contributed by atoms with Gasteiger partial charge in [0, 0.05) is 37.5 Å². The average Bonchev–Trinajstić information content (AvgIpc) is 3.47. The third-order valence-corrected chi connectivity index (χ3v) is 8.99. The van der Waals surface area contributed by atoms with Crippen LogP contribution in [0.15, 0.2) is 17.0 Å². The lowest BCUT2D eigenvalue weighted by molar-refractivity contribution is -0.0494. The number of hydrogen-bond acceptors (Lipinski definition) is 8. The Bertz CT molecular complexity index is 1510. The molecule has 2 aromatic heterocycles. The number of hydrogen-bond donors (Lipinski definition) is 3. The van der Waals surface area contributed by atoms with E-state index in [1.165, 1.54) is 24.8 Å². The maximum Gasteiger partial charge on any atom is 0.274 e. The van der Waals surface area contributed by atoms with Crippen molar-refractivity contribution < 1.29 is 31.5 Å². The number of likely N-dealkylation sites (tertiary alicyclic amines) is 1. The molecule has 1 saturated heterocycles. The smallest absolute Gasteiger partial charge is 0.274 e. The molecule has 212 valence electrons. The van der Waals surface area contributed by atoms with Crippen LogP contribution < -0.4 is 4.72 Å². The number of nitrogens with zero attached hydrogens (tertiary/aromatic N) is 4. The van der Waals surface area contributed by atoms with Crippen LogP contribution in [0.25, 0.3) is 21.3 Å². The van der Waals surface area contributed by atoms with E-state index in [0.29, 0.717) is 0 Å². The van der Waals surface area contributed by atoms with Gasteiger partial charge in [0.25, 0.3) is 11.8 Å².